The fourth-order valence-electron chi connectivity index (χ4n) is 2.89. The van der Waals surface area contributed by atoms with Crippen LogP contribution in [0.5, 0.6) is 0 Å². The van der Waals surface area contributed by atoms with E-state index in [1.165, 1.54) is 4.31 Å². The zero-order valence-electron chi connectivity index (χ0n) is 14.0. The van der Waals surface area contributed by atoms with Crippen LogP contribution in [0.2, 0.25) is 0 Å². The first-order valence-electron chi connectivity index (χ1n) is 7.88. The normalized spacial score (nSPS) is 17.1. The van der Waals surface area contributed by atoms with Crippen molar-refractivity contribution in [1.82, 2.24) is 14.4 Å². The lowest BCUT2D eigenvalue weighted by Crippen LogP contribution is -2.48. The molecule has 1 fully saturated rings. The molecule has 1 aromatic carbocycles. The fraction of sp³-hybridized carbons (Fsp3) is 0.438. The van der Waals surface area contributed by atoms with Crippen LogP contribution < -0.4 is 0 Å². The second-order valence-electron chi connectivity index (χ2n) is 6.06. The van der Waals surface area contributed by atoms with Gasteiger partial charge in [0, 0.05) is 38.3 Å². The maximum atomic E-state index is 13.8. The Labute approximate surface area is 145 Å². The van der Waals surface area contributed by atoms with Gasteiger partial charge in [-0.1, -0.05) is 5.16 Å². The third-order valence-electron chi connectivity index (χ3n) is 4.41. The molecule has 1 aromatic heterocycles. The maximum absolute atomic E-state index is 13.8. The zero-order valence-corrected chi connectivity index (χ0v) is 14.8. The Morgan fingerprint density at radius 1 is 1.16 bits per heavy atom. The topological polar surface area (TPSA) is 66.7 Å². The molecule has 6 nitrogen and oxygen atoms in total. The number of hydrogen-bond acceptors (Lipinski definition) is 5. The van der Waals surface area contributed by atoms with Crippen LogP contribution in [0.4, 0.5) is 8.78 Å². The molecule has 3 rings (SSSR count). The molecule has 0 spiro atoms. The van der Waals surface area contributed by atoms with Gasteiger partial charge in [-0.15, -0.1) is 0 Å². The second kappa shape index (κ2) is 6.81. The summed E-state index contributed by atoms with van der Waals surface area (Å²) < 4.78 is 58.6. The van der Waals surface area contributed by atoms with E-state index < -0.39 is 26.6 Å². The van der Waals surface area contributed by atoms with Gasteiger partial charge in [-0.2, -0.15) is 4.31 Å². The number of hydrogen-bond donors (Lipinski definition) is 0. The molecule has 25 heavy (non-hydrogen) atoms. The summed E-state index contributed by atoms with van der Waals surface area (Å²) in [4.78, 5) is 1.46. The molecule has 136 valence electrons. The first kappa shape index (κ1) is 18.0. The fourth-order valence-corrected chi connectivity index (χ4v) is 4.39. The maximum Gasteiger partial charge on any atom is 0.246 e. The molecule has 0 aliphatic carbocycles. The van der Waals surface area contributed by atoms with E-state index in [9.17, 15) is 17.2 Å². The highest BCUT2D eigenvalue weighted by molar-refractivity contribution is 7.89. The predicted octanol–water partition coefficient (Wildman–Crippen LogP) is 2.08. The molecule has 0 radical (unpaired) electrons. The predicted molar refractivity (Wildman–Crippen MR) is 86.4 cm³/mol. The van der Waals surface area contributed by atoms with Crippen LogP contribution in [-0.2, 0) is 16.6 Å². The molecule has 9 heteroatoms. The van der Waals surface area contributed by atoms with Gasteiger partial charge in [-0.05, 0) is 32.0 Å². The number of aryl methyl sites for hydroxylation is 2. The molecule has 0 saturated carbocycles. The smallest absolute Gasteiger partial charge is 0.246 e. The summed E-state index contributed by atoms with van der Waals surface area (Å²) in [6.45, 7) is 5.70. The Morgan fingerprint density at radius 2 is 1.84 bits per heavy atom. The van der Waals surface area contributed by atoms with E-state index in [2.05, 4.69) is 10.1 Å². The van der Waals surface area contributed by atoms with Crippen molar-refractivity contribution in [2.45, 2.75) is 25.3 Å². The largest absolute Gasteiger partial charge is 0.361 e. The molecule has 2 heterocycles. The molecule has 0 atom stereocenters. The average molecular weight is 371 g/mol. The van der Waals surface area contributed by atoms with Gasteiger partial charge in [-0.3, -0.25) is 4.90 Å². The van der Waals surface area contributed by atoms with E-state index in [-0.39, 0.29) is 13.1 Å². The molecule has 1 saturated heterocycles. The number of halogens is 2. The summed E-state index contributed by atoms with van der Waals surface area (Å²) in [5.74, 6) is -0.981. The summed E-state index contributed by atoms with van der Waals surface area (Å²) in [6, 6.07) is 2.45. The van der Waals surface area contributed by atoms with E-state index in [0.29, 0.717) is 19.6 Å². The Hall–Kier alpha value is -1.84. The lowest BCUT2D eigenvalue weighted by Gasteiger charge is -2.33. The molecule has 2 aromatic rings. The van der Waals surface area contributed by atoms with Gasteiger partial charge >= 0.3 is 0 Å². The number of nitrogens with zero attached hydrogens (tertiary/aromatic N) is 3. The van der Waals surface area contributed by atoms with Crippen LogP contribution in [-0.4, -0.2) is 49.0 Å². The van der Waals surface area contributed by atoms with Crippen LogP contribution >= 0.6 is 0 Å². The van der Waals surface area contributed by atoms with Crippen LogP contribution in [0.3, 0.4) is 0 Å². The third kappa shape index (κ3) is 3.58. The Kier molecular flexibility index (Phi) is 4.90. The van der Waals surface area contributed by atoms with Gasteiger partial charge in [0.25, 0.3) is 0 Å². The van der Waals surface area contributed by atoms with E-state index in [1.807, 2.05) is 13.8 Å². The molecule has 0 N–H and O–H groups in total. The van der Waals surface area contributed by atoms with Crippen molar-refractivity contribution in [3.05, 3.63) is 46.9 Å². The third-order valence-corrected chi connectivity index (χ3v) is 6.32. The van der Waals surface area contributed by atoms with Crippen molar-refractivity contribution in [3.63, 3.8) is 0 Å². The van der Waals surface area contributed by atoms with Gasteiger partial charge in [-0.25, -0.2) is 17.2 Å². The molecule has 0 bridgehead atoms. The molecule has 0 unspecified atom stereocenters. The minimum atomic E-state index is -4.06. The highest BCUT2D eigenvalue weighted by Crippen LogP contribution is 2.23. The van der Waals surface area contributed by atoms with Crippen LogP contribution in [0.1, 0.15) is 17.0 Å². The first-order chi connectivity index (χ1) is 11.8. The van der Waals surface area contributed by atoms with Gasteiger partial charge in [0.2, 0.25) is 10.0 Å². The summed E-state index contributed by atoms with van der Waals surface area (Å²) in [6.07, 6.45) is 0. The lowest BCUT2D eigenvalue weighted by atomic mass is 10.2. The quantitative estimate of drug-likeness (QED) is 0.823. The van der Waals surface area contributed by atoms with E-state index >= 15 is 0 Å². The van der Waals surface area contributed by atoms with Gasteiger partial charge in [0.15, 0.2) is 0 Å². The average Bonchev–Trinajstić information content (AvgIpc) is 2.89. The number of piperazine rings is 1. The van der Waals surface area contributed by atoms with Crippen LogP contribution in [0.25, 0.3) is 0 Å². The van der Waals surface area contributed by atoms with Gasteiger partial charge in [0.05, 0.1) is 5.69 Å². The monoisotopic (exact) mass is 371 g/mol. The molecule has 1 aliphatic heterocycles. The zero-order chi connectivity index (χ0) is 18.2. The van der Waals surface area contributed by atoms with Gasteiger partial charge in [0.1, 0.15) is 22.3 Å². The Morgan fingerprint density at radius 3 is 2.44 bits per heavy atom. The van der Waals surface area contributed by atoms with E-state index in [1.54, 1.807) is 0 Å². The SMILES string of the molecule is Cc1noc(C)c1CN1CCN(S(=O)(=O)c2cc(F)ccc2F)CC1. The van der Waals surface area contributed by atoms with Gasteiger partial charge < -0.3 is 4.52 Å². The van der Waals surface area contributed by atoms with E-state index in [0.717, 1.165) is 35.2 Å². The highest BCUT2D eigenvalue weighted by Gasteiger charge is 2.31. The minimum Gasteiger partial charge on any atom is -0.361 e. The Bertz CT molecular complexity index is 855. The standard InChI is InChI=1S/C16H19F2N3O3S/c1-11-14(12(2)24-19-11)10-20-5-7-21(8-6-20)25(22,23)16-9-13(17)3-4-15(16)18/h3-4,9H,5-8,10H2,1-2H3. The summed E-state index contributed by atoms with van der Waals surface area (Å²) in [5.41, 5.74) is 1.81. The number of aromatic nitrogens is 1. The minimum absolute atomic E-state index is 0.210. The van der Waals surface area contributed by atoms with Crippen molar-refractivity contribution in [2.75, 3.05) is 26.2 Å². The van der Waals surface area contributed by atoms with Crippen LogP contribution in [0, 0.1) is 25.5 Å². The number of rotatable bonds is 4. The molecular formula is C16H19F2N3O3S. The summed E-state index contributed by atoms with van der Waals surface area (Å²) in [7, 11) is -4.06. The van der Waals surface area contributed by atoms with Crippen molar-refractivity contribution in [1.29, 1.82) is 0 Å². The van der Waals surface area contributed by atoms with Crippen molar-refractivity contribution in [2.24, 2.45) is 0 Å². The Balaban J connectivity index is 1.70. The molecular weight excluding hydrogens is 352 g/mol. The number of sulfonamides is 1. The molecule has 0 amide bonds. The highest BCUT2D eigenvalue weighted by atomic mass is 32.2. The van der Waals surface area contributed by atoms with Crippen molar-refractivity contribution in [3.8, 4) is 0 Å². The first-order valence-corrected chi connectivity index (χ1v) is 9.32. The van der Waals surface area contributed by atoms with Crippen molar-refractivity contribution < 1.29 is 21.7 Å². The summed E-state index contributed by atoms with van der Waals surface area (Å²) in [5, 5.41) is 3.91. The lowest BCUT2D eigenvalue weighted by molar-refractivity contribution is 0.180. The van der Waals surface area contributed by atoms with Crippen LogP contribution in [0.15, 0.2) is 27.6 Å². The number of benzene rings is 1. The summed E-state index contributed by atoms with van der Waals surface area (Å²) >= 11 is 0. The second-order valence-corrected chi connectivity index (χ2v) is 7.96. The van der Waals surface area contributed by atoms with Crippen molar-refractivity contribution >= 4 is 10.0 Å². The molecule has 1 aliphatic rings. The van der Waals surface area contributed by atoms with E-state index in [4.69, 9.17) is 4.52 Å².